The van der Waals surface area contributed by atoms with Gasteiger partial charge in [-0.15, -0.1) is 11.3 Å². The van der Waals surface area contributed by atoms with Gasteiger partial charge in [-0.05, 0) is 38.1 Å². The molecule has 0 aliphatic carbocycles. The Hall–Kier alpha value is -1.92. The molecule has 1 aromatic heterocycles. The Labute approximate surface area is 140 Å². The molecule has 1 saturated heterocycles. The van der Waals surface area contributed by atoms with Gasteiger partial charge in [-0.2, -0.15) is 0 Å². The fourth-order valence-corrected chi connectivity index (χ4v) is 3.42. The number of nitrogens with one attached hydrogen (secondary N) is 1. The van der Waals surface area contributed by atoms with Crippen LogP contribution in [-0.4, -0.2) is 42.5 Å². The van der Waals surface area contributed by atoms with Gasteiger partial charge in [0.1, 0.15) is 12.4 Å². The fourth-order valence-electron chi connectivity index (χ4n) is 2.87. The number of ether oxygens (including phenoxy) is 1. The van der Waals surface area contributed by atoms with Gasteiger partial charge in [0.2, 0.25) is 0 Å². The second kappa shape index (κ2) is 7.57. The summed E-state index contributed by atoms with van der Waals surface area (Å²) < 4.78 is 5.82. The maximum absolute atomic E-state index is 12.8. The average molecular weight is 331 g/mol. The third-order valence-corrected chi connectivity index (χ3v) is 4.68. The number of nitrogens with zero attached hydrogens (tertiary/aromatic N) is 2. The third kappa shape index (κ3) is 3.89. The highest BCUT2D eigenvalue weighted by Crippen LogP contribution is 2.24. The molecule has 122 valence electrons. The number of benzene rings is 1. The van der Waals surface area contributed by atoms with E-state index in [-0.39, 0.29) is 5.91 Å². The maximum atomic E-state index is 12.8. The molecular weight excluding hydrogens is 310 g/mol. The van der Waals surface area contributed by atoms with E-state index in [1.54, 1.807) is 5.51 Å². The highest BCUT2D eigenvalue weighted by molar-refractivity contribution is 7.07. The molecule has 0 radical (unpaired) electrons. The number of likely N-dealkylation sites (tertiary alicyclic amines) is 1. The molecule has 0 saturated carbocycles. The summed E-state index contributed by atoms with van der Waals surface area (Å²) >= 11 is 1.54. The predicted octanol–water partition coefficient (Wildman–Crippen LogP) is 2.40. The van der Waals surface area contributed by atoms with Gasteiger partial charge in [0.15, 0.2) is 0 Å². The van der Waals surface area contributed by atoms with E-state index in [9.17, 15) is 4.79 Å². The number of carbonyl (C=O) groups is 1. The highest BCUT2D eigenvalue weighted by Gasteiger charge is 2.27. The van der Waals surface area contributed by atoms with E-state index in [1.165, 1.54) is 11.3 Å². The quantitative estimate of drug-likeness (QED) is 0.883. The van der Waals surface area contributed by atoms with Gasteiger partial charge < -0.3 is 15.0 Å². The van der Waals surface area contributed by atoms with Crippen LogP contribution in [0.2, 0.25) is 0 Å². The zero-order valence-corrected chi connectivity index (χ0v) is 14.0. The largest absolute Gasteiger partial charge is 0.486 e. The molecule has 0 spiro atoms. The first-order chi connectivity index (χ1) is 11.3. The van der Waals surface area contributed by atoms with Crippen LogP contribution >= 0.6 is 11.3 Å². The van der Waals surface area contributed by atoms with E-state index in [0.29, 0.717) is 23.8 Å². The number of aromatic nitrogens is 1. The Balaban J connectivity index is 1.68. The molecule has 1 fully saturated rings. The number of rotatable bonds is 6. The van der Waals surface area contributed by atoms with Crippen LogP contribution in [0.4, 0.5) is 0 Å². The van der Waals surface area contributed by atoms with Gasteiger partial charge in [-0.3, -0.25) is 4.79 Å². The van der Waals surface area contributed by atoms with Crippen LogP contribution in [0.25, 0.3) is 0 Å². The van der Waals surface area contributed by atoms with Crippen LogP contribution in [-0.2, 0) is 6.61 Å². The first-order valence-corrected chi connectivity index (χ1v) is 8.75. The van der Waals surface area contributed by atoms with Crippen molar-refractivity contribution in [2.75, 3.05) is 26.7 Å². The molecule has 1 N–H and O–H groups in total. The molecule has 2 aromatic rings. The SMILES string of the molecule is CNC[C@@H]1CCN(C(=O)c2ccccc2OCc2cscn2)C1. The van der Waals surface area contributed by atoms with Crippen molar-refractivity contribution >= 4 is 17.2 Å². The number of hydrogen-bond acceptors (Lipinski definition) is 5. The van der Waals surface area contributed by atoms with Gasteiger partial charge >= 0.3 is 0 Å². The number of para-hydroxylation sites is 1. The molecule has 2 heterocycles. The van der Waals surface area contributed by atoms with Crippen LogP contribution in [0.5, 0.6) is 5.75 Å². The van der Waals surface area contributed by atoms with Gasteiger partial charge in [-0.25, -0.2) is 4.98 Å². The van der Waals surface area contributed by atoms with Crippen molar-refractivity contribution in [1.29, 1.82) is 0 Å². The number of carbonyl (C=O) groups excluding carboxylic acids is 1. The Kier molecular flexibility index (Phi) is 5.25. The Morgan fingerprint density at radius 1 is 1.48 bits per heavy atom. The molecule has 6 heteroatoms. The summed E-state index contributed by atoms with van der Waals surface area (Å²) in [6.07, 6.45) is 1.05. The summed E-state index contributed by atoms with van der Waals surface area (Å²) in [5.74, 6) is 1.21. The lowest BCUT2D eigenvalue weighted by Gasteiger charge is -2.18. The van der Waals surface area contributed by atoms with Crippen molar-refractivity contribution in [3.05, 3.63) is 46.4 Å². The summed E-state index contributed by atoms with van der Waals surface area (Å²) in [4.78, 5) is 18.9. The molecule has 1 aromatic carbocycles. The molecule has 0 bridgehead atoms. The van der Waals surface area contributed by atoms with E-state index in [0.717, 1.165) is 31.7 Å². The smallest absolute Gasteiger partial charge is 0.257 e. The minimum Gasteiger partial charge on any atom is -0.486 e. The van der Waals surface area contributed by atoms with Crippen LogP contribution < -0.4 is 10.1 Å². The van der Waals surface area contributed by atoms with Crippen molar-refractivity contribution in [3.8, 4) is 5.75 Å². The molecule has 1 amide bonds. The van der Waals surface area contributed by atoms with Gasteiger partial charge in [0.25, 0.3) is 5.91 Å². The van der Waals surface area contributed by atoms with E-state index >= 15 is 0 Å². The molecule has 1 aliphatic heterocycles. The normalized spacial score (nSPS) is 17.4. The van der Waals surface area contributed by atoms with E-state index in [4.69, 9.17) is 4.74 Å². The summed E-state index contributed by atoms with van der Waals surface area (Å²) in [6, 6.07) is 7.45. The number of hydrogen-bond donors (Lipinski definition) is 1. The Morgan fingerprint density at radius 3 is 3.13 bits per heavy atom. The summed E-state index contributed by atoms with van der Waals surface area (Å²) in [6.45, 7) is 2.95. The zero-order chi connectivity index (χ0) is 16.1. The molecule has 3 rings (SSSR count). The molecule has 23 heavy (non-hydrogen) atoms. The summed E-state index contributed by atoms with van der Waals surface area (Å²) in [7, 11) is 1.95. The van der Waals surface area contributed by atoms with E-state index in [1.807, 2.05) is 41.6 Å². The highest BCUT2D eigenvalue weighted by atomic mass is 32.1. The first kappa shape index (κ1) is 16.0. The summed E-state index contributed by atoms with van der Waals surface area (Å²) in [5, 5.41) is 5.14. The summed E-state index contributed by atoms with van der Waals surface area (Å²) in [5.41, 5.74) is 3.29. The van der Waals surface area contributed by atoms with Crippen LogP contribution in [0.15, 0.2) is 35.2 Å². The lowest BCUT2D eigenvalue weighted by atomic mass is 10.1. The maximum Gasteiger partial charge on any atom is 0.257 e. The number of amides is 1. The lowest BCUT2D eigenvalue weighted by molar-refractivity contribution is 0.0782. The molecule has 5 nitrogen and oxygen atoms in total. The standard InChI is InChI=1S/C17H21N3O2S/c1-18-8-13-6-7-20(9-13)17(21)15-4-2-3-5-16(15)22-10-14-11-23-12-19-14/h2-5,11-13,18H,6-10H2,1H3/t13-/m0/s1. The lowest BCUT2D eigenvalue weighted by Crippen LogP contribution is -2.30. The van der Waals surface area contributed by atoms with Crippen molar-refractivity contribution in [1.82, 2.24) is 15.2 Å². The van der Waals surface area contributed by atoms with Crippen molar-refractivity contribution in [3.63, 3.8) is 0 Å². The number of thiazole rings is 1. The van der Waals surface area contributed by atoms with E-state index in [2.05, 4.69) is 10.3 Å². The topological polar surface area (TPSA) is 54.5 Å². The third-order valence-electron chi connectivity index (χ3n) is 4.04. The van der Waals surface area contributed by atoms with Crippen molar-refractivity contribution < 1.29 is 9.53 Å². The Bertz CT molecular complexity index is 645. The van der Waals surface area contributed by atoms with E-state index < -0.39 is 0 Å². The molecule has 0 unspecified atom stereocenters. The van der Waals surface area contributed by atoms with Crippen molar-refractivity contribution in [2.45, 2.75) is 13.0 Å². The van der Waals surface area contributed by atoms with Crippen LogP contribution in [0.3, 0.4) is 0 Å². The van der Waals surface area contributed by atoms with Crippen LogP contribution in [0, 0.1) is 5.92 Å². The fraction of sp³-hybridized carbons (Fsp3) is 0.412. The zero-order valence-electron chi connectivity index (χ0n) is 13.2. The predicted molar refractivity (Wildman–Crippen MR) is 90.8 cm³/mol. The van der Waals surface area contributed by atoms with Gasteiger partial charge in [-0.1, -0.05) is 12.1 Å². The monoisotopic (exact) mass is 331 g/mol. The molecular formula is C17H21N3O2S. The second-order valence-electron chi connectivity index (χ2n) is 5.73. The first-order valence-electron chi connectivity index (χ1n) is 7.80. The van der Waals surface area contributed by atoms with Crippen LogP contribution in [0.1, 0.15) is 22.5 Å². The average Bonchev–Trinajstić information content (AvgIpc) is 3.25. The van der Waals surface area contributed by atoms with Gasteiger partial charge in [0, 0.05) is 18.5 Å². The minimum absolute atomic E-state index is 0.0532. The molecule has 1 aliphatic rings. The minimum atomic E-state index is 0.0532. The van der Waals surface area contributed by atoms with Gasteiger partial charge in [0.05, 0.1) is 16.8 Å². The Morgan fingerprint density at radius 2 is 2.35 bits per heavy atom. The molecule has 1 atom stereocenters. The second-order valence-corrected chi connectivity index (χ2v) is 6.45. The van der Waals surface area contributed by atoms with Crippen molar-refractivity contribution in [2.24, 2.45) is 5.92 Å².